The van der Waals surface area contributed by atoms with Gasteiger partial charge in [-0.05, 0) is 36.2 Å². The Hall–Kier alpha value is -1.20. The first-order valence-electron chi connectivity index (χ1n) is 4.50. The smallest absolute Gasteiger partial charge is 0.227 e. The van der Waals surface area contributed by atoms with Gasteiger partial charge in [-0.3, -0.25) is 0 Å². The van der Waals surface area contributed by atoms with E-state index >= 15 is 0 Å². The highest BCUT2D eigenvalue weighted by Gasteiger charge is 2.06. The second kappa shape index (κ2) is 4.35. The Balaban J connectivity index is 2.54. The second-order valence-electron chi connectivity index (χ2n) is 3.25. The van der Waals surface area contributed by atoms with Crippen LogP contribution in [0.25, 0.3) is 11.4 Å². The van der Waals surface area contributed by atoms with Gasteiger partial charge < -0.3 is 5.73 Å². The SMILES string of the molecule is Cc1cc(-c2nc(N)nc(Cl)n2)ccc1Br. The van der Waals surface area contributed by atoms with E-state index in [1.54, 1.807) is 0 Å². The molecule has 0 aliphatic rings. The van der Waals surface area contributed by atoms with Gasteiger partial charge in [0.25, 0.3) is 0 Å². The number of benzene rings is 1. The fourth-order valence-electron chi connectivity index (χ4n) is 1.28. The minimum atomic E-state index is 0.100. The molecule has 82 valence electrons. The number of aromatic nitrogens is 3. The number of halogens is 2. The molecule has 0 fully saturated rings. The topological polar surface area (TPSA) is 64.7 Å². The maximum absolute atomic E-state index is 5.72. The quantitative estimate of drug-likeness (QED) is 0.879. The highest BCUT2D eigenvalue weighted by atomic mass is 79.9. The summed E-state index contributed by atoms with van der Waals surface area (Å²) in [6.45, 7) is 1.99. The van der Waals surface area contributed by atoms with Crippen LogP contribution in [0.3, 0.4) is 0 Å². The third-order valence-corrected chi connectivity index (χ3v) is 3.10. The average Bonchev–Trinajstić information content (AvgIpc) is 2.20. The van der Waals surface area contributed by atoms with Gasteiger partial charge in [0.2, 0.25) is 11.2 Å². The number of hydrogen-bond acceptors (Lipinski definition) is 4. The Bertz CT molecular complexity index is 524. The molecule has 0 amide bonds. The van der Waals surface area contributed by atoms with Crippen molar-refractivity contribution in [3.63, 3.8) is 0 Å². The fourth-order valence-corrected chi connectivity index (χ4v) is 1.69. The minimum Gasteiger partial charge on any atom is -0.368 e. The van der Waals surface area contributed by atoms with Gasteiger partial charge in [-0.15, -0.1) is 0 Å². The van der Waals surface area contributed by atoms with E-state index in [0.717, 1.165) is 15.6 Å². The van der Waals surface area contributed by atoms with Crippen LogP contribution in [-0.4, -0.2) is 15.0 Å². The summed E-state index contributed by atoms with van der Waals surface area (Å²) in [7, 11) is 0. The number of rotatable bonds is 1. The number of nitrogen functional groups attached to an aromatic ring is 1. The Morgan fingerprint density at radius 1 is 1.25 bits per heavy atom. The van der Waals surface area contributed by atoms with Crippen molar-refractivity contribution < 1.29 is 0 Å². The van der Waals surface area contributed by atoms with Gasteiger partial charge in [-0.2, -0.15) is 15.0 Å². The van der Waals surface area contributed by atoms with Crippen molar-refractivity contribution in [3.05, 3.63) is 33.5 Å². The molecular formula is C10H8BrClN4. The Morgan fingerprint density at radius 3 is 2.62 bits per heavy atom. The minimum absolute atomic E-state index is 0.100. The van der Waals surface area contributed by atoms with E-state index in [0.29, 0.717) is 5.82 Å². The molecular weight excluding hydrogens is 291 g/mol. The van der Waals surface area contributed by atoms with Gasteiger partial charge in [0.1, 0.15) is 0 Å². The van der Waals surface area contributed by atoms with E-state index in [9.17, 15) is 0 Å². The predicted octanol–water partition coefficient (Wildman–Crippen LogP) is 2.85. The van der Waals surface area contributed by atoms with Gasteiger partial charge in [-0.25, -0.2) is 0 Å². The molecule has 0 unspecified atom stereocenters. The van der Waals surface area contributed by atoms with E-state index in [2.05, 4.69) is 30.9 Å². The van der Waals surface area contributed by atoms with Crippen molar-refractivity contribution in [2.45, 2.75) is 6.92 Å². The molecule has 0 spiro atoms. The molecule has 0 saturated heterocycles. The van der Waals surface area contributed by atoms with Gasteiger partial charge in [0.15, 0.2) is 5.82 Å². The van der Waals surface area contributed by atoms with Crippen molar-refractivity contribution >= 4 is 33.5 Å². The summed E-state index contributed by atoms with van der Waals surface area (Å²) in [5, 5.41) is 0.100. The Morgan fingerprint density at radius 2 is 2.00 bits per heavy atom. The molecule has 2 N–H and O–H groups in total. The van der Waals surface area contributed by atoms with Crippen LogP contribution in [0.1, 0.15) is 5.56 Å². The first-order chi connectivity index (χ1) is 7.56. The molecule has 2 rings (SSSR count). The molecule has 0 aliphatic heterocycles. The molecule has 0 bridgehead atoms. The van der Waals surface area contributed by atoms with E-state index < -0.39 is 0 Å². The molecule has 1 heterocycles. The zero-order valence-corrected chi connectivity index (χ0v) is 10.7. The lowest BCUT2D eigenvalue weighted by molar-refractivity contribution is 1.07. The number of nitrogens with zero attached hydrogens (tertiary/aromatic N) is 3. The summed E-state index contributed by atoms with van der Waals surface area (Å²) < 4.78 is 1.03. The molecule has 0 saturated carbocycles. The molecule has 0 atom stereocenters. The largest absolute Gasteiger partial charge is 0.368 e. The highest BCUT2D eigenvalue weighted by Crippen LogP contribution is 2.23. The van der Waals surface area contributed by atoms with Crippen LogP contribution in [0, 0.1) is 6.92 Å². The number of hydrogen-bond donors (Lipinski definition) is 1. The summed E-state index contributed by atoms with van der Waals surface area (Å²) in [5.74, 6) is 0.601. The van der Waals surface area contributed by atoms with Gasteiger partial charge >= 0.3 is 0 Å². The highest BCUT2D eigenvalue weighted by molar-refractivity contribution is 9.10. The zero-order chi connectivity index (χ0) is 11.7. The summed E-state index contributed by atoms with van der Waals surface area (Å²) in [6, 6.07) is 5.77. The summed E-state index contributed by atoms with van der Waals surface area (Å²) in [5.41, 5.74) is 7.46. The molecule has 1 aromatic heterocycles. The molecule has 16 heavy (non-hydrogen) atoms. The molecule has 2 aromatic rings. The van der Waals surface area contributed by atoms with Crippen LogP contribution in [0.4, 0.5) is 5.95 Å². The van der Waals surface area contributed by atoms with Crippen LogP contribution in [-0.2, 0) is 0 Å². The predicted molar refractivity (Wildman–Crippen MR) is 67.1 cm³/mol. The second-order valence-corrected chi connectivity index (χ2v) is 4.44. The molecule has 6 heteroatoms. The third-order valence-electron chi connectivity index (χ3n) is 2.04. The van der Waals surface area contributed by atoms with Crippen molar-refractivity contribution in [2.24, 2.45) is 0 Å². The zero-order valence-electron chi connectivity index (χ0n) is 8.41. The molecule has 1 aromatic carbocycles. The van der Waals surface area contributed by atoms with E-state index in [1.165, 1.54) is 0 Å². The van der Waals surface area contributed by atoms with Gasteiger partial charge in [-0.1, -0.05) is 22.0 Å². The normalized spacial score (nSPS) is 10.4. The number of aryl methyl sites for hydroxylation is 1. The van der Waals surface area contributed by atoms with Crippen LogP contribution >= 0.6 is 27.5 Å². The summed E-state index contributed by atoms with van der Waals surface area (Å²) in [4.78, 5) is 11.8. The van der Waals surface area contributed by atoms with Crippen LogP contribution < -0.4 is 5.73 Å². The molecule has 0 aliphatic carbocycles. The monoisotopic (exact) mass is 298 g/mol. The first-order valence-corrected chi connectivity index (χ1v) is 5.67. The van der Waals surface area contributed by atoms with Crippen LogP contribution in [0.2, 0.25) is 5.28 Å². The van der Waals surface area contributed by atoms with E-state index in [-0.39, 0.29) is 11.2 Å². The van der Waals surface area contributed by atoms with Crippen molar-refractivity contribution in [3.8, 4) is 11.4 Å². The standard InChI is InChI=1S/C10H8BrClN4/c1-5-4-6(2-3-7(5)11)8-14-9(12)16-10(13)15-8/h2-4H,1H3,(H2,13,14,15,16). The van der Waals surface area contributed by atoms with Crippen molar-refractivity contribution in [2.75, 3.05) is 5.73 Å². The fraction of sp³-hybridized carbons (Fsp3) is 0.100. The summed E-state index contributed by atoms with van der Waals surface area (Å²) in [6.07, 6.45) is 0. The third kappa shape index (κ3) is 2.31. The maximum atomic E-state index is 5.72. The Kier molecular flexibility index (Phi) is 3.07. The van der Waals surface area contributed by atoms with Gasteiger partial charge in [0, 0.05) is 10.0 Å². The summed E-state index contributed by atoms with van der Waals surface area (Å²) >= 11 is 9.15. The van der Waals surface area contributed by atoms with Crippen molar-refractivity contribution in [1.29, 1.82) is 0 Å². The first kappa shape index (κ1) is 11.3. The Labute approximate surface area is 106 Å². The lowest BCUT2D eigenvalue weighted by Crippen LogP contribution is -2.00. The van der Waals surface area contributed by atoms with Crippen LogP contribution in [0.15, 0.2) is 22.7 Å². The molecule has 0 radical (unpaired) electrons. The maximum Gasteiger partial charge on any atom is 0.227 e. The lowest BCUT2D eigenvalue weighted by Gasteiger charge is -2.03. The molecule has 4 nitrogen and oxygen atoms in total. The average molecular weight is 300 g/mol. The number of anilines is 1. The lowest BCUT2D eigenvalue weighted by atomic mass is 10.1. The van der Waals surface area contributed by atoms with Crippen LogP contribution in [0.5, 0.6) is 0 Å². The number of nitrogens with two attached hydrogens (primary N) is 1. The van der Waals surface area contributed by atoms with Gasteiger partial charge in [0.05, 0.1) is 0 Å². The van der Waals surface area contributed by atoms with Crippen molar-refractivity contribution in [1.82, 2.24) is 15.0 Å². The van der Waals surface area contributed by atoms with E-state index in [4.69, 9.17) is 17.3 Å². The van der Waals surface area contributed by atoms with E-state index in [1.807, 2.05) is 25.1 Å².